The van der Waals surface area contributed by atoms with Crippen LogP contribution < -0.4 is 4.90 Å². The van der Waals surface area contributed by atoms with E-state index in [1.165, 1.54) is 17.8 Å². The van der Waals surface area contributed by atoms with E-state index in [1.807, 2.05) is 6.07 Å². The predicted molar refractivity (Wildman–Crippen MR) is 117 cm³/mol. The zero-order valence-electron chi connectivity index (χ0n) is 16.4. The van der Waals surface area contributed by atoms with Crippen LogP contribution >= 0.6 is 23.4 Å². The molecule has 2 heterocycles. The lowest BCUT2D eigenvalue weighted by atomic mass is 10.0. The molecule has 0 N–H and O–H groups in total. The molecular formula is C23H22ClFN2O2S. The van der Waals surface area contributed by atoms with Crippen molar-refractivity contribution in [3.63, 3.8) is 0 Å². The van der Waals surface area contributed by atoms with Crippen molar-refractivity contribution in [2.24, 2.45) is 5.92 Å². The van der Waals surface area contributed by atoms with Gasteiger partial charge in [0.15, 0.2) is 4.87 Å². The first kappa shape index (κ1) is 19.9. The van der Waals surface area contributed by atoms with E-state index in [-0.39, 0.29) is 30.1 Å². The quantitative estimate of drug-likeness (QED) is 0.673. The number of thioether (sulfide) groups is 1. The van der Waals surface area contributed by atoms with Crippen molar-refractivity contribution in [2.75, 3.05) is 17.2 Å². The van der Waals surface area contributed by atoms with Gasteiger partial charge in [-0.25, -0.2) is 4.39 Å². The summed E-state index contributed by atoms with van der Waals surface area (Å²) in [5.41, 5.74) is 1.89. The van der Waals surface area contributed by atoms with E-state index in [4.69, 9.17) is 11.6 Å². The number of rotatable bonds is 3. The highest BCUT2D eigenvalue weighted by molar-refractivity contribution is 8.01. The van der Waals surface area contributed by atoms with Crippen LogP contribution in [-0.2, 0) is 21.0 Å². The Morgan fingerprint density at radius 1 is 1.20 bits per heavy atom. The molecule has 0 bridgehead atoms. The molecule has 1 atom stereocenters. The van der Waals surface area contributed by atoms with Crippen LogP contribution in [0, 0.1) is 11.7 Å². The lowest BCUT2D eigenvalue weighted by molar-refractivity contribution is -0.143. The highest BCUT2D eigenvalue weighted by atomic mass is 35.5. The molecule has 30 heavy (non-hydrogen) atoms. The first-order chi connectivity index (χ1) is 14.5. The summed E-state index contributed by atoms with van der Waals surface area (Å²) in [6, 6.07) is 11.8. The minimum Gasteiger partial charge on any atom is -0.315 e. The molecular weight excluding hydrogens is 423 g/mol. The summed E-state index contributed by atoms with van der Waals surface area (Å²) in [7, 11) is 0. The summed E-state index contributed by atoms with van der Waals surface area (Å²) < 4.78 is 14.4. The van der Waals surface area contributed by atoms with Crippen molar-refractivity contribution in [1.29, 1.82) is 0 Å². The third-order valence-corrected chi connectivity index (χ3v) is 8.07. The molecule has 1 aliphatic carbocycles. The highest BCUT2D eigenvalue weighted by Gasteiger charge is 2.60. The first-order valence-electron chi connectivity index (χ1n) is 10.3. The monoisotopic (exact) mass is 444 g/mol. The first-order valence-corrected chi connectivity index (χ1v) is 11.7. The maximum atomic E-state index is 14.4. The Bertz CT molecular complexity index is 1030. The molecule has 0 radical (unpaired) electrons. The molecule has 2 amide bonds. The number of carbonyl (C=O) groups excluding carboxylic acids is 2. The number of benzene rings is 2. The van der Waals surface area contributed by atoms with Crippen LogP contribution in [0.3, 0.4) is 0 Å². The summed E-state index contributed by atoms with van der Waals surface area (Å²) >= 11 is 7.80. The molecule has 3 aliphatic rings. The van der Waals surface area contributed by atoms with Gasteiger partial charge in [-0.15, -0.1) is 11.8 Å². The van der Waals surface area contributed by atoms with Gasteiger partial charge >= 0.3 is 0 Å². The largest absolute Gasteiger partial charge is 0.315 e. The van der Waals surface area contributed by atoms with Crippen LogP contribution in [-0.4, -0.2) is 29.0 Å². The number of amides is 2. The van der Waals surface area contributed by atoms with Crippen LogP contribution in [0.4, 0.5) is 10.1 Å². The van der Waals surface area contributed by atoms with Gasteiger partial charge in [-0.2, -0.15) is 0 Å². The van der Waals surface area contributed by atoms with Gasteiger partial charge in [0.2, 0.25) is 5.91 Å². The topological polar surface area (TPSA) is 40.6 Å². The van der Waals surface area contributed by atoms with Gasteiger partial charge in [0.05, 0.1) is 12.2 Å². The molecule has 2 aromatic carbocycles. The van der Waals surface area contributed by atoms with Crippen molar-refractivity contribution in [1.82, 2.24) is 4.90 Å². The molecule has 1 spiro atoms. The van der Waals surface area contributed by atoms with Gasteiger partial charge < -0.3 is 9.80 Å². The van der Waals surface area contributed by atoms with Crippen molar-refractivity contribution in [2.45, 2.75) is 37.1 Å². The molecule has 2 fully saturated rings. The Balaban J connectivity index is 1.59. The second-order valence-corrected chi connectivity index (χ2v) is 9.83. The third kappa shape index (κ3) is 2.95. The van der Waals surface area contributed by atoms with E-state index in [0.29, 0.717) is 28.6 Å². The summed E-state index contributed by atoms with van der Waals surface area (Å²) in [6.45, 7) is 0.652. The van der Waals surface area contributed by atoms with E-state index in [1.54, 1.807) is 40.1 Å². The van der Waals surface area contributed by atoms with Crippen LogP contribution in [0.25, 0.3) is 0 Å². The molecule has 2 aromatic rings. The van der Waals surface area contributed by atoms with Gasteiger partial charge in [-0.05, 0) is 37.1 Å². The maximum absolute atomic E-state index is 14.4. The Morgan fingerprint density at radius 2 is 1.97 bits per heavy atom. The summed E-state index contributed by atoms with van der Waals surface area (Å²) in [4.78, 5) is 29.6. The molecule has 1 saturated carbocycles. The van der Waals surface area contributed by atoms with Gasteiger partial charge in [0.25, 0.3) is 5.91 Å². The minimum atomic E-state index is -1.11. The van der Waals surface area contributed by atoms with Gasteiger partial charge in [-0.3, -0.25) is 9.59 Å². The average Bonchev–Trinajstić information content (AvgIpc) is 3.47. The van der Waals surface area contributed by atoms with E-state index in [2.05, 4.69) is 0 Å². The Hall–Kier alpha value is -2.05. The SMILES string of the molecule is O=C(C1CCCC1)N1CCS[C@]12C(=O)N(Cc1ccccc1F)c1ccc(Cl)cc12. The van der Waals surface area contributed by atoms with Crippen LogP contribution in [0.5, 0.6) is 0 Å². The number of hydrogen-bond acceptors (Lipinski definition) is 3. The fourth-order valence-corrected chi connectivity index (χ4v) is 6.59. The van der Waals surface area contributed by atoms with Crippen molar-refractivity contribution >= 4 is 40.9 Å². The average molecular weight is 445 g/mol. The lowest BCUT2D eigenvalue weighted by Gasteiger charge is -2.35. The van der Waals surface area contributed by atoms with E-state index in [9.17, 15) is 14.0 Å². The van der Waals surface area contributed by atoms with Crippen LogP contribution in [0.1, 0.15) is 36.8 Å². The number of nitrogens with zero attached hydrogens (tertiary/aromatic N) is 2. The van der Waals surface area contributed by atoms with E-state index in [0.717, 1.165) is 31.2 Å². The second-order valence-electron chi connectivity index (χ2n) is 8.11. The van der Waals surface area contributed by atoms with Crippen molar-refractivity contribution in [3.8, 4) is 0 Å². The molecule has 0 aromatic heterocycles. The Morgan fingerprint density at radius 3 is 2.73 bits per heavy atom. The van der Waals surface area contributed by atoms with Crippen LogP contribution in [0.15, 0.2) is 42.5 Å². The van der Waals surface area contributed by atoms with Crippen molar-refractivity contribution in [3.05, 3.63) is 64.4 Å². The fraction of sp³-hybridized carbons (Fsp3) is 0.391. The number of anilines is 1. The van der Waals surface area contributed by atoms with E-state index < -0.39 is 4.87 Å². The van der Waals surface area contributed by atoms with E-state index >= 15 is 0 Å². The maximum Gasteiger partial charge on any atom is 0.268 e. The third-order valence-electron chi connectivity index (χ3n) is 6.41. The summed E-state index contributed by atoms with van der Waals surface area (Å²) in [5.74, 6) is 0.196. The van der Waals surface area contributed by atoms with Crippen LogP contribution in [0.2, 0.25) is 5.02 Å². The molecule has 7 heteroatoms. The number of halogens is 2. The van der Waals surface area contributed by atoms with Gasteiger partial charge in [0.1, 0.15) is 5.82 Å². The zero-order valence-corrected chi connectivity index (χ0v) is 18.0. The second kappa shape index (κ2) is 7.57. The molecule has 2 aliphatic heterocycles. The van der Waals surface area contributed by atoms with Gasteiger partial charge in [-0.1, -0.05) is 42.6 Å². The summed E-state index contributed by atoms with van der Waals surface area (Å²) in [6.07, 6.45) is 3.87. The predicted octanol–water partition coefficient (Wildman–Crippen LogP) is 4.94. The lowest BCUT2D eigenvalue weighted by Crippen LogP contribution is -2.51. The number of carbonyl (C=O) groups is 2. The molecule has 156 valence electrons. The molecule has 4 nitrogen and oxygen atoms in total. The molecule has 1 saturated heterocycles. The molecule has 5 rings (SSSR count). The normalized spacial score (nSPS) is 23.6. The smallest absolute Gasteiger partial charge is 0.268 e. The minimum absolute atomic E-state index is 0.0170. The zero-order chi connectivity index (χ0) is 20.9. The fourth-order valence-electron chi connectivity index (χ4n) is 4.96. The number of hydrogen-bond donors (Lipinski definition) is 0. The highest BCUT2D eigenvalue weighted by Crippen LogP contribution is 2.55. The Kier molecular flexibility index (Phi) is 5.02. The molecule has 0 unspecified atom stereocenters. The number of fused-ring (bicyclic) bond motifs is 2. The van der Waals surface area contributed by atoms with Crippen molar-refractivity contribution < 1.29 is 14.0 Å². The Labute approximate surface area is 184 Å². The summed E-state index contributed by atoms with van der Waals surface area (Å²) in [5, 5.41) is 0.523. The standard InChI is InChI=1S/C23H22ClFN2O2S/c24-17-9-10-20-18(13-17)23(22(29)26(20)14-16-7-3-4-8-19(16)25)27(11-12-30-23)21(28)15-5-1-2-6-15/h3-4,7-10,13,15H,1-2,5-6,11-12,14H2/t23-/m1/s1. The van der Waals surface area contributed by atoms with Gasteiger partial charge in [0, 0.05) is 34.4 Å².